The molecule has 0 spiro atoms. The van der Waals surface area contributed by atoms with Crippen LogP contribution in [0.25, 0.3) is 0 Å². The molecular formula is C9H8F2O2. The summed E-state index contributed by atoms with van der Waals surface area (Å²) >= 11 is 0. The molecule has 0 aromatic heterocycles. The van der Waals surface area contributed by atoms with Gasteiger partial charge in [-0.25, -0.2) is 8.78 Å². The van der Waals surface area contributed by atoms with Crippen LogP contribution < -0.4 is 0 Å². The third-order valence-corrected chi connectivity index (χ3v) is 1.57. The summed E-state index contributed by atoms with van der Waals surface area (Å²) in [5.74, 6) is -2.03. The van der Waals surface area contributed by atoms with Crippen molar-refractivity contribution in [2.45, 2.75) is 6.42 Å². The van der Waals surface area contributed by atoms with Crippen LogP contribution >= 0.6 is 0 Å². The highest BCUT2D eigenvalue weighted by atomic mass is 19.1. The van der Waals surface area contributed by atoms with Crippen LogP contribution in [0.4, 0.5) is 8.78 Å². The number of ketones is 1. The summed E-state index contributed by atoms with van der Waals surface area (Å²) in [4.78, 5) is 11.1. The van der Waals surface area contributed by atoms with Crippen molar-refractivity contribution < 1.29 is 18.7 Å². The molecule has 0 bridgehead atoms. The lowest BCUT2D eigenvalue weighted by atomic mass is 10.1. The molecule has 4 heteroatoms. The van der Waals surface area contributed by atoms with Crippen molar-refractivity contribution >= 4 is 5.78 Å². The summed E-state index contributed by atoms with van der Waals surface area (Å²) < 4.78 is 25.4. The fraction of sp³-hybridized carbons (Fsp3) is 0.222. The second kappa shape index (κ2) is 4.09. The first-order chi connectivity index (χ1) is 6.15. The monoisotopic (exact) mass is 186 g/mol. The molecule has 1 N–H and O–H groups in total. The SMILES string of the molecule is O=C(CCO)c1cc(F)ccc1F. The number of carbonyl (C=O) groups is 1. The molecule has 70 valence electrons. The molecule has 1 rings (SSSR count). The van der Waals surface area contributed by atoms with E-state index in [1.54, 1.807) is 0 Å². The van der Waals surface area contributed by atoms with Crippen LogP contribution in [-0.4, -0.2) is 17.5 Å². The van der Waals surface area contributed by atoms with Crippen LogP contribution in [0.5, 0.6) is 0 Å². The summed E-state index contributed by atoms with van der Waals surface area (Å²) in [5, 5.41) is 8.42. The molecule has 0 heterocycles. The van der Waals surface area contributed by atoms with E-state index in [1.807, 2.05) is 0 Å². The van der Waals surface area contributed by atoms with Crippen molar-refractivity contribution in [2.75, 3.05) is 6.61 Å². The minimum atomic E-state index is -0.764. The standard InChI is InChI=1S/C9H8F2O2/c10-6-1-2-8(11)7(5-6)9(13)3-4-12/h1-2,5,12H,3-4H2. The van der Waals surface area contributed by atoms with Crippen LogP contribution in [0, 0.1) is 11.6 Å². The zero-order chi connectivity index (χ0) is 9.84. The number of benzene rings is 1. The predicted molar refractivity (Wildman–Crippen MR) is 42.4 cm³/mol. The second-order valence-electron chi connectivity index (χ2n) is 2.52. The van der Waals surface area contributed by atoms with E-state index in [2.05, 4.69) is 0 Å². The van der Waals surface area contributed by atoms with Gasteiger partial charge in [0.05, 0.1) is 12.2 Å². The largest absolute Gasteiger partial charge is 0.396 e. The highest BCUT2D eigenvalue weighted by Crippen LogP contribution is 2.11. The Morgan fingerprint density at radius 1 is 1.38 bits per heavy atom. The number of hydrogen-bond acceptors (Lipinski definition) is 2. The van der Waals surface area contributed by atoms with Gasteiger partial charge < -0.3 is 5.11 Å². The summed E-state index contributed by atoms with van der Waals surface area (Å²) in [5.41, 5.74) is -0.311. The van der Waals surface area contributed by atoms with Crippen LogP contribution in [0.1, 0.15) is 16.8 Å². The predicted octanol–water partition coefficient (Wildman–Crippen LogP) is 1.53. The third kappa shape index (κ3) is 2.32. The van der Waals surface area contributed by atoms with Gasteiger partial charge in [-0.2, -0.15) is 0 Å². The maximum atomic E-state index is 12.9. The fourth-order valence-electron chi connectivity index (χ4n) is 0.947. The molecule has 0 unspecified atom stereocenters. The normalized spacial score (nSPS) is 10.1. The van der Waals surface area contributed by atoms with Crippen molar-refractivity contribution in [1.29, 1.82) is 0 Å². The Morgan fingerprint density at radius 2 is 2.08 bits per heavy atom. The maximum absolute atomic E-state index is 12.9. The number of rotatable bonds is 3. The van der Waals surface area contributed by atoms with Gasteiger partial charge in [0.15, 0.2) is 5.78 Å². The topological polar surface area (TPSA) is 37.3 Å². The molecule has 0 fully saturated rings. The first-order valence-corrected chi connectivity index (χ1v) is 3.74. The van der Waals surface area contributed by atoms with E-state index in [9.17, 15) is 13.6 Å². The van der Waals surface area contributed by atoms with Gasteiger partial charge in [0, 0.05) is 6.42 Å². The van der Waals surface area contributed by atoms with Crippen molar-refractivity contribution in [2.24, 2.45) is 0 Å². The first kappa shape index (κ1) is 9.80. The summed E-state index contributed by atoms with van der Waals surface area (Å²) in [6.07, 6.45) is -0.194. The summed E-state index contributed by atoms with van der Waals surface area (Å²) in [6.45, 7) is -0.366. The van der Waals surface area contributed by atoms with Crippen molar-refractivity contribution in [1.82, 2.24) is 0 Å². The number of halogens is 2. The van der Waals surface area contributed by atoms with E-state index in [1.165, 1.54) is 0 Å². The number of Topliss-reactive ketones (excluding diaryl/α,β-unsaturated/α-hetero) is 1. The Balaban J connectivity index is 2.99. The molecule has 2 nitrogen and oxygen atoms in total. The molecule has 1 aromatic carbocycles. The van der Waals surface area contributed by atoms with Crippen LogP contribution in [0.3, 0.4) is 0 Å². The van der Waals surface area contributed by atoms with Gasteiger partial charge in [-0.1, -0.05) is 0 Å². The second-order valence-corrected chi connectivity index (χ2v) is 2.52. The Labute approximate surface area is 73.8 Å². The number of carbonyl (C=O) groups excluding carboxylic acids is 1. The molecule has 0 amide bonds. The Morgan fingerprint density at radius 3 is 2.69 bits per heavy atom. The molecule has 13 heavy (non-hydrogen) atoms. The zero-order valence-corrected chi connectivity index (χ0v) is 6.76. The molecular weight excluding hydrogens is 178 g/mol. The number of aliphatic hydroxyl groups excluding tert-OH is 1. The van der Waals surface area contributed by atoms with E-state index >= 15 is 0 Å². The van der Waals surface area contributed by atoms with Gasteiger partial charge in [0.1, 0.15) is 11.6 Å². The van der Waals surface area contributed by atoms with Gasteiger partial charge in [-0.3, -0.25) is 4.79 Å². The van der Waals surface area contributed by atoms with Gasteiger partial charge in [0.25, 0.3) is 0 Å². The molecule has 0 aliphatic heterocycles. The molecule has 1 aromatic rings. The minimum absolute atomic E-state index is 0.194. The summed E-state index contributed by atoms with van der Waals surface area (Å²) in [7, 11) is 0. The van der Waals surface area contributed by atoms with Gasteiger partial charge >= 0.3 is 0 Å². The Kier molecular flexibility index (Phi) is 3.08. The van der Waals surface area contributed by atoms with E-state index < -0.39 is 17.4 Å². The quantitative estimate of drug-likeness (QED) is 0.727. The highest BCUT2D eigenvalue weighted by molar-refractivity contribution is 5.96. The van der Waals surface area contributed by atoms with Crippen molar-refractivity contribution in [3.05, 3.63) is 35.4 Å². The third-order valence-electron chi connectivity index (χ3n) is 1.57. The summed E-state index contributed by atoms with van der Waals surface area (Å²) in [6, 6.07) is 2.65. The van der Waals surface area contributed by atoms with E-state index in [0.717, 1.165) is 18.2 Å². The number of aliphatic hydroxyl groups is 1. The molecule has 0 atom stereocenters. The average Bonchev–Trinajstić information content (AvgIpc) is 2.09. The van der Waals surface area contributed by atoms with E-state index in [-0.39, 0.29) is 18.6 Å². The van der Waals surface area contributed by atoms with Gasteiger partial charge in [-0.15, -0.1) is 0 Å². The highest BCUT2D eigenvalue weighted by Gasteiger charge is 2.11. The van der Waals surface area contributed by atoms with E-state index in [0.29, 0.717) is 0 Å². The molecule has 0 aliphatic carbocycles. The minimum Gasteiger partial charge on any atom is -0.396 e. The lowest BCUT2D eigenvalue weighted by molar-refractivity contribution is 0.0952. The molecule has 0 radical (unpaired) electrons. The first-order valence-electron chi connectivity index (χ1n) is 3.74. The van der Waals surface area contributed by atoms with Crippen LogP contribution in [0.2, 0.25) is 0 Å². The zero-order valence-electron chi connectivity index (χ0n) is 6.76. The number of hydrogen-bond donors (Lipinski definition) is 1. The lowest BCUT2D eigenvalue weighted by Crippen LogP contribution is -2.05. The van der Waals surface area contributed by atoms with Gasteiger partial charge in [-0.05, 0) is 18.2 Å². The Bertz CT molecular complexity index is 323. The maximum Gasteiger partial charge on any atom is 0.168 e. The van der Waals surface area contributed by atoms with Crippen LogP contribution in [-0.2, 0) is 0 Å². The van der Waals surface area contributed by atoms with Crippen molar-refractivity contribution in [3.8, 4) is 0 Å². The Hall–Kier alpha value is -1.29. The van der Waals surface area contributed by atoms with Gasteiger partial charge in [0.2, 0.25) is 0 Å². The lowest BCUT2D eigenvalue weighted by Gasteiger charge is -2.00. The molecule has 0 aliphatic rings. The average molecular weight is 186 g/mol. The van der Waals surface area contributed by atoms with Crippen molar-refractivity contribution in [3.63, 3.8) is 0 Å². The molecule has 0 saturated carbocycles. The van der Waals surface area contributed by atoms with E-state index in [4.69, 9.17) is 5.11 Å². The fourth-order valence-corrected chi connectivity index (χ4v) is 0.947. The smallest absolute Gasteiger partial charge is 0.168 e. The van der Waals surface area contributed by atoms with Crippen LogP contribution in [0.15, 0.2) is 18.2 Å². The molecule has 0 saturated heterocycles.